The molecule has 2 rings (SSSR count). The van der Waals surface area contributed by atoms with E-state index in [0.29, 0.717) is 0 Å². The molecule has 0 atom stereocenters. The molecule has 0 radical (unpaired) electrons. The highest BCUT2D eigenvalue weighted by Gasteiger charge is 2.24. The number of esters is 2. The predicted molar refractivity (Wildman–Crippen MR) is 145 cm³/mol. The van der Waals surface area contributed by atoms with E-state index in [1.807, 2.05) is 13.8 Å². The van der Waals surface area contributed by atoms with E-state index in [2.05, 4.69) is 15.3 Å². The van der Waals surface area contributed by atoms with Gasteiger partial charge in [-0.15, -0.1) is 0 Å². The molecule has 0 spiro atoms. The van der Waals surface area contributed by atoms with Crippen LogP contribution >= 0.6 is 0 Å². The molecule has 0 bridgehead atoms. The third-order valence-electron chi connectivity index (χ3n) is 4.48. The Hall–Kier alpha value is -4.70. The molecular formula is C24H35N7O10. The summed E-state index contributed by atoms with van der Waals surface area (Å²) < 4.78 is 12.0. The van der Waals surface area contributed by atoms with Crippen LogP contribution in [-0.4, -0.2) is 58.1 Å². The monoisotopic (exact) mass is 581 g/mol. The number of hydrogen-bond acceptors (Lipinski definition) is 13. The van der Waals surface area contributed by atoms with Gasteiger partial charge in [0.2, 0.25) is 5.95 Å². The third-order valence-corrected chi connectivity index (χ3v) is 4.48. The summed E-state index contributed by atoms with van der Waals surface area (Å²) in [7, 11) is 0. The number of hydrogen-bond donors (Lipinski definition) is 1. The highest BCUT2D eigenvalue weighted by atomic mass is 16.6. The van der Waals surface area contributed by atoms with Crippen molar-refractivity contribution in [2.75, 3.05) is 5.32 Å². The van der Waals surface area contributed by atoms with E-state index < -0.39 is 68.6 Å². The van der Waals surface area contributed by atoms with Crippen molar-refractivity contribution in [2.24, 2.45) is 0 Å². The van der Waals surface area contributed by atoms with Crippen molar-refractivity contribution in [3.05, 3.63) is 59.2 Å². The van der Waals surface area contributed by atoms with Gasteiger partial charge in [0.15, 0.2) is 0 Å². The first-order chi connectivity index (χ1) is 18.6. The summed E-state index contributed by atoms with van der Waals surface area (Å²) in [5, 5.41) is 24.3. The quantitative estimate of drug-likeness (QED) is 0.268. The summed E-state index contributed by atoms with van der Waals surface area (Å²) in [6.07, 6.45) is 1.75. The fourth-order valence-corrected chi connectivity index (χ4v) is 3.01. The number of aromatic nitrogens is 4. The number of nitro groups is 2. The first-order valence-corrected chi connectivity index (χ1v) is 12.3. The first-order valence-electron chi connectivity index (χ1n) is 12.3. The molecule has 0 aliphatic heterocycles. The number of aryl methyl sites for hydroxylation is 1. The van der Waals surface area contributed by atoms with Gasteiger partial charge in [0.1, 0.15) is 42.5 Å². The largest absolute Gasteiger partial charge is 0.459 e. The predicted octanol–water partition coefficient (Wildman–Crippen LogP) is 2.12. The Morgan fingerprint density at radius 3 is 1.63 bits per heavy atom. The second kappa shape index (κ2) is 13.6. The van der Waals surface area contributed by atoms with Crippen LogP contribution in [0.15, 0.2) is 22.0 Å². The van der Waals surface area contributed by atoms with Crippen molar-refractivity contribution in [3.8, 4) is 0 Å². The molecule has 0 fully saturated rings. The normalized spacial score (nSPS) is 11.3. The smallest absolute Gasteiger partial charge is 0.352 e. The second-order valence-corrected chi connectivity index (χ2v) is 10.9. The fourth-order valence-electron chi connectivity index (χ4n) is 3.01. The number of carbonyl (C=O) groups is 2. The molecule has 1 N–H and O–H groups in total. The topological polar surface area (TPSA) is 221 Å². The van der Waals surface area contributed by atoms with E-state index in [1.54, 1.807) is 41.5 Å². The lowest BCUT2D eigenvalue weighted by Crippen LogP contribution is -2.33. The maximum Gasteiger partial charge on any atom is 0.352 e. The van der Waals surface area contributed by atoms with Gasteiger partial charge in [-0.3, -0.25) is 48.5 Å². The number of ether oxygens (including phenoxy) is 2. The van der Waals surface area contributed by atoms with Crippen LogP contribution in [0.5, 0.6) is 0 Å². The molecule has 17 nitrogen and oxygen atoms in total. The van der Waals surface area contributed by atoms with E-state index in [9.17, 15) is 39.4 Å². The van der Waals surface area contributed by atoms with Gasteiger partial charge < -0.3 is 14.8 Å². The molecule has 41 heavy (non-hydrogen) atoms. The molecule has 0 saturated carbocycles. The summed E-state index contributed by atoms with van der Waals surface area (Å²) in [5.74, 6) is -1.04. The minimum Gasteiger partial charge on any atom is -0.459 e. The van der Waals surface area contributed by atoms with Gasteiger partial charge in [0.05, 0.1) is 9.85 Å². The second-order valence-electron chi connectivity index (χ2n) is 10.9. The molecule has 2 aromatic rings. The highest BCUT2D eigenvalue weighted by Crippen LogP contribution is 2.12. The number of carbonyl (C=O) groups excluding carboxylic acids is 2. The van der Waals surface area contributed by atoms with Gasteiger partial charge in [-0.2, -0.15) is 0 Å². The zero-order valence-electron chi connectivity index (χ0n) is 24.4. The SMILES string of the molecule is CC(C)Nc1ncc([N+](=O)[O-])c(=O)n1CC(=O)OC(C)(C)C.Cc1ncc([N+](=O)[O-])c(=O)n1CC(=O)OC(C)(C)C. The summed E-state index contributed by atoms with van der Waals surface area (Å²) in [4.78, 5) is 74.9. The van der Waals surface area contributed by atoms with E-state index in [4.69, 9.17) is 9.47 Å². The van der Waals surface area contributed by atoms with Crippen LogP contribution in [0.25, 0.3) is 0 Å². The van der Waals surface area contributed by atoms with E-state index in [0.717, 1.165) is 21.5 Å². The molecule has 0 amide bonds. The lowest BCUT2D eigenvalue weighted by atomic mass is 10.2. The molecule has 226 valence electrons. The van der Waals surface area contributed by atoms with Gasteiger partial charge in [0, 0.05) is 6.04 Å². The lowest BCUT2D eigenvalue weighted by molar-refractivity contribution is -0.387. The summed E-state index contributed by atoms with van der Waals surface area (Å²) in [5.41, 5.74) is -4.56. The van der Waals surface area contributed by atoms with Gasteiger partial charge in [0.25, 0.3) is 0 Å². The van der Waals surface area contributed by atoms with Crippen LogP contribution in [0.2, 0.25) is 0 Å². The summed E-state index contributed by atoms with van der Waals surface area (Å²) >= 11 is 0. The summed E-state index contributed by atoms with van der Waals surface area (Å²) in [6, 6.07) is -0.0711. The lowest BCUT2D eigenvalue weighted by Gasteiger charge is -2.20. The van der Waals surface area contributed by atoms with Gasteiger partial charge in [-0.1, -0.05) is 0 Å². The molecule has 2 heterocycles. The number of nitrogens with one attached hydrogen (secondary N) is 1. The molecule has 0 aromatic carbocycles. The first kappa shape index (κ1) is 34.3. The Balaban J connectivity index is 0.000000414. The number of anilines is 1. The minimum absolute atomic E-state index is 0.0711. The Morgan fingerprint density at radius 2 is 1.24 bits per heavy atom. The Morgan fingerprint density at radius 1 is 0.854 bits per heavy atom. The van der Waals surface area contributed by atoms with E-state index in [1.165, 1.54) is 6.92 Å². The number of nitrogens with zero attached hydrogens (tertiary/aromatic N) is 6. The van der Waals surface area contributed by atoms with Gasteiger partial charge in [-0.25, -0.2) is 9.97 Å². The molecule has 0 aliphatic rings. The highest BCUT2D eigenvalue weighted by molar-refractivity contribution is 5.70. The van der Waals surface area contributed by atoms with Crippen LogP contribution in [0.3, 0.4) is 0 Å². The van der Waals surface area contributed by atoms with Crippen LogP contribution in [-0.2, 0) is 32.2 Å². The Bertz CT molecular complexity index is 1420. The summed E-state index contributed by atoms with van der Waals surface area (Å²) in [6.45, 7) is 14.4. The van der Waals surface area contributed by atoms with Crippen molar-refractivity contribution in [2.45, 2.75) is 92.6 Å². The van der Waals surface area contributed by atoms with E-state index in [-0.39, 0.29) is 17.8 Å². The van der Waals surface area contributed by atoms with Crippen molar-refractivity contribution in [1.29, 1.82) is 0 Å². The molecule has 0 unspecified atom stereocenters. The molecule has 0 aliphatic carbocycles. The average Bonchev–Trinajstić information content (AvgIpc) is 2.76. The maximum absolute atomic E-state index is 12.1. The van der Waals surface area contributed by atoms with Crippen LogP contribution in [0, 0.1) is 27.2 Å². The molecule has 2 aromatic heterocycles. The fraction of sp³-hybridized carbons (Fsp3) is 0.583. The zero-order valence-corrected chi connectivity index (χ0v) is 24.4. The van der Waals surface area contributed by atoms with Crippen LogP contribution in [0.4, 0.5) is 17.3 Å². The maximum atomic E-state index is 12.1. The van der Waals surface area contributed by atoms with E-state index >= 15 is 0 Å². The Kier molecular flexibility index (Phi) is 11.4. The van der Waals surface area contributed by atoms with Crippen molar-refractivity contribution in [1.82, 2.24) is 19.1 Å². The van der Waals surface area contributed by atoms with Crippen LogP contribution in [0.1, 0.15) is 61.2 Å². The third kappa shape index (κ3) is 11.1. The van der Waals surface area contributed by atoms with Crippen molar-refractivity contribution >= 4 is 29.3 Å². The minimum atomic E-state index is -0.908. The standard InChI is InChI=1S/C13H20N4O5.C11H15N3O5/c1-8(2)15-12-14-6-9(17(20)21)11(19)16(12)7-10(18)22-13(3,4)5;1-7-12-5-8(14(17)18)10(16)13(7)6-9(15)19-11(2,3)4/h6,8H,7H2,1-5H3,(H,14,15);5H,6H2,1-4H3. The zero-order chi connectivity index (χ0) is 31.9. The molecule has 0 saturated heterocycles. The molecular weight excluding hydrogens is 546 g/mol. The van der Waals surface area contributed by atoms with Crippen LogP contribution < -0.4 is 16.4 Å². The average molecular weight is 582 g/mol. The molecule has 17 heteroatoms. The van der Waals surface area contributed by atoms with Crippen molar-refractivity contribution in [3.63, 3.8) is 0 Å². The number of rotatable bonds is 8. The van der Waals surface area contributed by atoms with Crippen molar-refractivity contribution < 1.29 is 28.9 Å². The van der Waals surface area contributed by atoms with Gasteiger partial charge >= 0.3 is 34.4 Å². The Labute approximate surface area is 234 Å². The van der Waals surface area contributed by atoms with Gasteiger partial charge in [-0.05, 0) is 62.3 Å².